The van der Waals surface area contributed by atoms with Crippen molar-refractivity contribution in [2.24, 2.45) is 7.05 Å². The quantitative estimate of drug-likeness (QED) is 0.287. The van der Waals surface area contributed by atoms with Crippen LogP contribution in [-0.2, 0) is 21.8 Å². The summed E-state index contributed by atoms with van der Waals surface area (Å²) in [5, 5.41) is 0.952. The zero-order chi connectivity index (χ0) is 27.7. The van der Waals surface area contributed by atoms with Gasteiger partial charge in [0, 0.05) is 24.8 Å². The monoisotopic (exact) mass is 567 g/mol. The van der Waals surface area contributed by atoms with Gasteiger partial charge >= 0.3 is 12.3 Å². The Morgan fingerprint density at radius 1 is 1.11 bits per heavy atom. The molecule has 0 saturated heterocycles. The van der Waals surface area contributed by atoms with E-state index in [-0.39, 0.29) is 22.8 Å². The number of carbonyl (C=O) groups is 1. The lowest BCUT2D eigenvalue weighted by atomic mass is 10.0. The van der Waals surface area contributed by atoms with Crippen LogP contribution in [-0.4, -0.2) is 36.9 Å². The summed E-state index contributed by atoms with van der Waals surface area (Å²) in [5.41, 5.74) is 1.27. The van der Waals surface area contributed by atoms with Crippen molar-refractivity contribution in [2.45, 2.75) is 24.2 Å². The Balaban J connectivity index is 1.77. The topological polar surface area (TPSA) is 99.5 Å². The van der Waals surface area contributed by atoms with Crippen LogP contribution in [0.4, 0.5) is 13.2 Å². The molecule has 4 aromatic rings. The average molecular weight is 568 g/mol. The molecule has 1 atom stereocenters. The zero-order valence-corrected chi connectivity index (χ0v) is 21.6. The van der Waals surface area contributed by atoms with E-state index in [9.17, 15) is 26.4 Å². The van der Waals surface area contributed by atoms with Crippen molar-refractivity contribution in [3.8, 4) is 5.75 Å². The predicted octanol–water partition coefficient (Wildman–Crippen LogP) is 5.37. The van der Waals surface area contributed by atoms with E-state index < -0.39 is 34.1 Å². The third-order valence-electron chi connectivity index (χ3n) is 5.56. The molecule has 0 radical (unpaired) electrons. The molecular weight excluding hydrogens is 547 g/mol. The second-order valence-corrected chi connectivity index (χ2v) is 10.2. The van der Waals surface area contributed by atoms with Crippen molar-refractivity contribution >= 4 is 38.5 Å². The molecular formula is C25H21ClF3N3O5S. The summed E-state index contributed by atoms with van der Waals surface area (Å²) in [5.74, 6) is -1.06. The molecule has 200 valence electrons. The Hall–Kier alpha value is -3.61. The van der Waals surface area contributed by atoms with Gasteiger partial charge in [-0.3, -0.25) is 4.98 Å². The molecule has 8 nitrogen and oxygen atoms in total. The van der Waals surface area contributed by atoms with E-state index in [1.807, 2.05) is 0 Å². The first-order chi connectivity index (χ1) is 17.9. The van der Waals surface area contributed by atoms with Crippen LogP contribution in [0.5, 0.6) is 5.75 Å². The summed E-state index contributed by atoms with van der Waals surface area (Å²) in [4.78, 5) is 16.2. The van der Waals surface area contributed by atoms with Gasteiger partial charge in [0.05, 0.1) is 39.3 Å². The summed E-state index contributed by atoms with van der Waals surface area (Å²) in [7, 11) is -2.49. The number of rotatable bonds is 8. The fourth-order valence-electron chi connectivity index (χ4n) is 3.86. The SMILES string of the molecule is CCOC(=O)c1ccc(S(=O)(=O)NC(c2ccc(OC(F)(F)F)cc2)c2ncc(Cl)c3ccn(C)c23)cc1. The zero-order valence-electron chi connectivity index (χ0n) is 20.0. The Bertz CT molecular complexity index is 1570. The van der Waals surface area contributed by atoms with Crippen molar-refractivity contribution in [1.29, 1.82) is 0 Å². The lowest BCUT2D eigenvalue weighted by molar-refractivity contribution is -0.274. The Morgan fingerprint density at radius 2 is 1.76 bits per heavy atom. The molecule has 0 amide bonds. The number of ether oxygens (including phenoxy) is 2. The normalized spacial score (nSPS) is 12.9. The number of nitrogens with zero attached hydrogens (tertiary/aromatic N) is 2. The third kappa shape index (κ3) is 5.93. The van der Waals surface area contributed by atoms with Gasteiger partial charge in [-0.05, 0) is 55.0 Å². The van der Waals surface area contributed by atoms with Gasteiger partial charge in [-0.15, -0.1) is 13.2 Å². The minimum atomic E-state index is -4.88. The summed E-state index contributed by atoms with van der Waals surface area (Å²) >= 11 is 6.29. The Labute approximate surface area is 221 Å². The molecule has 0 fully saturated rings. The summed E-state index contributed by atoms with van der Waals surface area (Å²) < 4.78 is 77.9. The highest BCUT2D eigenvalue weighted by molar-refractivity contribution is 7.89. The van der Waals surface area contributed by atoms with E-state index in [0.717, 1.165) is 12.1 Å². The second kappa shape index (κ2) is 10.6. The molecule has 0 aliphatic heterocycles. The van der Waals surface area contributed by atoms with E-state index in [1.54, 1.807) is 30.8 Å². The van der Waals surface area contributed by atoms with Gasteiger partial charge in [0.2, 0.25) is 10.0 Å². The summed E-state index contributed by atoms with van der Waals surface area (Å²) in [6.07, 6.45) is -1.79. The number of esters is 1. The minimum absolute atomic E-state index is 0.148. The van der Waals surface area contributed by atoms with Gasteiger partial charge in [0.15, 0.2) is 0 Å². The Kier molecular flexibility index (Phi) is 7.68. The Morgan fingerprint density at radius 3 is 2.37 bits per heavy atom. The van der Waals surface area contributed by atoms with E-state index in [4.69, 9.17) is 16.3 Å². The minimum Gasteiger partial charge on any atom is -0.462 e. The molecule has 2 aromatic heterocycles. The highest BCUT2D eigenvalue weighted by Gasteiger charge is 2.32. The molecule has 1 N–H and O–H groups in total. The predicted molar refractivity (Wildman–Crippen MR) is 133 cm³/mol. The van der Waals surface area contributed by atoms with Crippen molar-refractivity contribution in [3.05, 3.63) is 88.8 Å². The first kappa shape index (κ1) is 27.4. The largest absolute Gasteiger partial charge is 0.573 e. The maximum absolute atomic E-state index is 13.4. The maximum atomic E-state index is 13.4. The lowest BCUT2D eigenvalue weighted by Gasteiger charge is -2.21. The number of sulfonamides is 1. The average Bonchev–Trinajstić information content (AvgIpc) is 3.25. The molecule has 0 spiro atoms. The van der Waals surface area contributed by atoms with E-state index >= 15 is 0 Å². The standard InChI is InChI=1S/C25H21ClF3N3O5S/c1-3-36-24(33)16-6-10-18(11-7-16)38(34,35)31-21(15-4-8-17(9-5-15)37-25(27,28)29)22-23-19(12-13-32(23)2)20(26)14-30-22/h4-14,21,31H,3H2,1-2H3. The molecule has 0 saturated carbocycles. The van der Waals surface area contributed by atoms with Gasteiger partial charge in [0.25, 0.3) is 0 Å². The molecule has 0 aliphatic carbocycles. The number of fused-ring (bicyclic) bond motifs is 1. The number of hydrogen-bond donors (Lipinski definition) is 1. The molecule has 0 bridgehead atoms. The number of nitrogens with one attached hydrogen (secondary N) is 1. The summed E-state index contributed by atoms with van der Waals surface area (Å²) in [6, 6.07) is 10.5. The van der Waals surface area contributed by atoms with Crippen molar-refractivity contribution in [1.82, 2.24) is 14.3 Å². The molecule has 38 heavy (non-hydrogen) atoms. The van der Waals surface area contributed by atoms with Crippen LogP contribution in [0, 0.1) is 0 Å². The highest BCUT2D eigenvalue weighted by Crippen LogP contribution is 2.34. The van der Waals surface area contributed by atoms with Crippen LogP contribution >= 0.6 is 11.6 Å². The number of carbonyl (C=O) groups excluding carboxylic acids is 1. The second-order valence-electron chi connectivity index (χ2n) is 8.10. The number of aromatic nitrogens is 2. The van der Waals surface area contributed by atoms with Gasteiger partial charge in [-0.1, -0.05) is 23.7 Å². The summed E-state index contributed by atoms with van der Waals surface area (Å²) in [6.45, 7) is 1.81. The third-order valence-corrected chi connectivity index (χ3v) is 7.30. The molecule has 0 aliphatic rings. The van der Waals surface area contributed by atoms with E-state index in [0.29, 0.717) is 21.5 Å². The van der Waals surface area contributed by atoms with Gasteiger partial charge in [0.1, 0.15) is 5.75 Å². The smallest absolute Gasteiger partial charge is 0.462 e. The molecule has 2 heterocycles. The number of benzene rings is 2. The number of halogens is 4. The fraction of sp³-hybridized carbons (Fsp3) is 0.200. The van der Waals surface area contributed by atoms with Crippen molar-refractivity contribution in [2.75, 3.05) is 6.61 Å². The number of alkyl halides is 3. The molecule has 1 unspecified atom stereocenters. The van der Waals surface area contributed by atoms with Crippen LogP contribution in [0.1, 0.15) is 34.6 Å². The van der Waals surface area contributed by atoms with Crippen LogP contribution in [0.3, 0.4) is 0 Å². The molecule has 4 rings (SSSR count). The van der Waals surface area contributed by atoms with Crippen LogP contribution in [0.15, 0.2) is 71.9 Å². The molecule has 2 aromatic carbocycles. The first-order valence-corrected chi connectivity index (χ1v) is 13.0. The van der Waals surface area contributed by atoms with E-state index in [2.05, 4.69) is 14.4 Å². The number of aryl methyl sites for hydroxylation is 1. The van der Waals surface area contributed by atoms with Crippen LogP contribution in [0.25, 0.3) is 10.9 Å². The van der Waals surface area contributed by atoms with Crippen LogP contribution < -0.4 is 9.46 Å². The van der Waals surface area contributed by atoms with Gasteiger partial charge in [-0.25, -0.2) is 13.2 Å². The van der Waals surface area contributed by atoms with E-state index in [1.165, 1.54) is 42.6 Å². The van der Waals surface area contributed by atoms with Crippen molar-refractivity contribution < 1.29 is 35.9 Å². The maximum Gasteiger partial charge on any atom is 0.573 e. The fourth-order valence-corrected chi connectivity index (χ4v) is 5.25. The molecule has 13 heteroatoms. The first-order valence-electron chi connectivity index (χ1n) is 11.1. The van der Waals surface area contributed by atoms with Crippen LogP contribution in [0.2, 0.25) is 5.02 Å². The van der Waals surface area contributed by atoms with Gasteiger partial charge < -0.3 is 14.0 Å². The number of pyridine rings is 1. The lowest BCUT2D eigenvalue weighted by Crippen LogP contribution is -2.30. The van der Waals surface area contributed by atoms with Gasteiger partial charge in [-0.2, -0.15) is 4.72 Å². The number of hydrogen-bond acceptors (Lipinski definition) is 6. The highest BCUT2D eigenvalue weighted by atomic mass is 35.5. The van der Waals surface area contributed by atoms with Crippen molar-refractivity contribution in [3.63, 3.8) is 0 Å².